The van der Waals surface area contributed by atoms with Crippen LogP contribution < -0.4 is 10.6 Å². The lowest BCUT2D eigenvalue weighted by atomic mass is 9.76. The maximum atomic E-state index is 12.7. The number of carbonyl (C=O) groups is 2. The van der Waals surface area contributed by atoms with Crippen LogP contribution in [0.1, 0.15) is 114 Å². The molecule has 0 spiro atoms. The van der Waals surface area contributed by atoms with Crippen LogP contribution in [0.3, 0.4) is 0 Å². The Labute approximate surface area is 207 Å². The summed E-state index contributed by atoms with van der Waals surface area (Å²) < 4.78 is 11.4. The molecule has 0 aliphatic carbocycles. The topological polar surface area (TPSA) is 108 Å². The molecule has 2 aliphatic heterocycles. The van der Waals surface area contributed by atoms with E-state index in [2.05, 4.69) is 66.0 Å². The van der Waals surface area contributed by atoms with Gasteiger partial charge in [-0.1, -0.05) is 0 Å². The molecule has 1 atom stereocenters. The molecule has 7 heteroatoms. The van der Waals surface area contributed by atoms with Crippen molar-refractivity contribution in [1.82, 2.24) is 10.6 Å². The minimum absolute atomic E-state index is 0. The summed E-state index contributed by atoms with van der Waals surface area (Å²) in [7, 11) is 0. The summed E-state index contributed by atoms with van der Waals surface area (Å²) in [6, 6.07) is 0. The number of nitrogens with one attached hydrogen (secondary N) is 2. The highest BCUT2D eigenvalue weighted by Crippen LogP contribution is 2.34. The Hall–Kier alpha value is -1.18. The summed E-state index contributed by atoms with van der Waals surface area (Å²) in [5.41, 5.74) is -0.241. The highest BCUT2D eigenvalue weighted by Gasteiger charge is 2.42. The monoisotopic (exact) mass is 484 g/mol. The van der Waals surface area contributed by atoms with E-state index in [0.717, 1.165) is 51.4 Å². The van der Waals surface area contributed by atoms with Gasteiger partial charge < -0.3 is 25.6 Å². The van der Waals surface area contributed by atoms with Gasteiger partial charge in [0.05, 0.1) is 24.5 Å². The van der Waals surface area contributed by atoms with Gasteiger partial charge in [-0.2, -0.15) is 0 Å². The van der Waals surface area contributed by atoms with Gasteiger partial charge in [-0.25, -0.2) is 0 Å². The van der Waals surface area contributed by atoms with E-state index in [4.69, 9.17) is 9.47 Å². The molecule has 2 aliphatic rings. The number of piperidine rings is 2. The molecule has 0 saturated carbocycles. The van der Waals surface area contributed by atoms with Crippen LogP contribution in [0.2, 0.25) is 0 Å². The van der Waals surface area contributed by atoms with Crippen molar-refractivity contribution >= 4 is 11.9 Å². The van der Waals surface area contributed by atoms with Gasteiger partial charge in [0.1, 0.15) is 0 Å². The molecule has 0 radical (unpaired) electrons. The quantitative estimate of drug-likeness (QED) is 0.373. The maximum absolute atomic E-state index is 12.7. The van der Waals surface area contributed by atoms with Crippen LogP contribution in [-0.4, -0.2) is 52.3 Å². The van der Waals surface area contributed by atoms with E-state index >= 15 is 0 Å². The molecule has 0 aromatic rings. The number of unbranched alkanes of at least 4 members (excludes halogenated alkanes) is 2. The van der Waals surface area contributed by atoms with Crippen LogP contribution >= 0.6 is 0 Å². The molecule has 34 heavy (non-hydrogen) atoms. The lowest BCUT2D eigenvalue weighted by Gasteiger charge is -2.45. The van der Waals surface area contributed by atoms with Crippen molar-refractivity contribution in [3.8, 4) is 0 Å². The van der Waals surface area contributed by atoms with Crippen molar-refractivity contribution in [1.29, 1.82) is 0 Å². The Morgan fingerprint density at radius 2 is 1.15 bits per heavy atom. The number of hydrogen-bond donors (Lipinski definition) is 2. The lowest BCUT2D eigenvalue weighted by Crippen LogP contribution is -2.59. The Morgan fingerprint density at radius 1 is 0.735 bits per heavy atom. The van der Waals surface area contributed by atoms with Gasteiger partial charge in [-0.15, -0.1) is 0 Å². The summed E-state index contributed by atoms with van der Waals surface area (Å²) in [6.45, 7) is 19.6. The molecular weight excluding hydrogens is 432 g/mol. The normalized spacial score (nSPS) is 24.5. The Morgan fingerprint density at radius 3 is 1.59 bits per heavy atom. The van der Waals surface area contributed by atoms with Crippen LogP contribution in [0.4, 0.5) is 0 Å². The standard InChI is InChI=1S/C27H50N2O4.H2O/c1-19(33-23(31)21-17-26(6,7)29-27(8,9)18-21)13-11-10-12-14-32-22(30)20-15-24(2,3)28-25(4,5)16-20;/h19-21,28-29H,10-18H2,1-9H3;1H2. The van der Waals surface area contributed by atoms with Gasteiger partial charge in [0.25, 0.3) is 0 Å². The van der Waals surface area contributed by atoms with Crippen LogP contribution in [-0.2, 0) is 19.1 Å². The van der Waals surface area contributed by atoms with Gasteiger partial charge in [-0.05, 0) is 114 Å². The van der Waals surface area contributed by atoms with E-state index in [-0.39, 0.29) is 57.5 Å². The minimum Gasteiger partial charge on any atom is -0.465 e. The predicted octanol–water partition coefficient (Wildman–Crippen LogP) is 4.31. The van der Waals surface area contributed by atoms with E-state index in [1.165, 1.54) is 0 Å². The van der Waals surface area contributed by atoms with Crippen LogP contribution in [0.25, 0.3) is 0 Å². The number of hydrogen-bond acceptors (Lipinski definition) is 6. The highest BCUT2D eigenvalue weighted by atomic mass is 16.5. The number of ether oxygens (including phenoxy) is 2. The molecule has 4 N–H and O–H groups in total. The first kappa shape index (κ1) is 30.9. The van der Waals surface area contributed by atoms with Crippen LogP contribution in [0.15, 0.2) is 0 Å². The third-order valence-electron chi connectivity index (χ3n) is 6.86. The second-order valence-corrected chi connectivity index (χ2v) is 13.3. The van der Waals surface area contributed by atoms with Crippen molar-refractivity contribution in [3.63, 3.8) is 0 Å². The van der Waals surface area contributed by atoms with Crippen molar-refractivity contribution in [2.24, 2.45) is 11.8 Å². The third kappa shape index (κ3) is 10.2. The average Bonchev–Trinajstić information content (AvgIpc) is 2.59. The zero-order valence-electron chi connectivity index (χ0n) is 23.2. The van der Waals surface area contributed by atoms with Crippen molar-refractivity contribution in [2.75, 3.05) is 6.61 Å². The SMILES string of the molecule is CC(CCCCCOC(=O)C1CC(C)(C)NC(C)(C)C1)OC(=O)C1CC(C)(C)NC(C)(C)C1.O. The van der Waals surface area contributed by atoms with Gasteiger partial charge in [0.15, 0.2) is 0 Å². The van der Waals surface area contributed by atoms with Crippen molar-refractivity contribution in [3.05, 3.63) is 0 Å². The largest absolute Gasteiger partial charge is 0.465 e. The second-order valence-electron chi connectivity index (χ2n) is 13.3. The van der Waals surface area contributed by atoms with E-state index in [0.29, 0.717) is 6.61 Å². The Balaban J connectivity index is 0.00000578. The smallest absolute Gasteiger partial charge is 0.309 e. The van der Waals surface area contributed by atoms with Crippen molar-refractivity contribution in [2.45, 2.75) is 142 Å². The molecule has 2 fully saturated rings. The zero-order valence-corrected chi connectivity index (χ0v) is 23.2. The van der Waals surface area contributed by atoms with Gasteiger partial charge in [-0.3, -0.25) is 9.59 Å². The third-order valence-corrected chi connectivity index (χ3v) is 6.86. The molecule has 1 unspecified atom stereocenters. The van der Waals surface area contributed by atoms with E-state index in [1.807, 2.05) is 6.92 Å². The molecule has 0 bridgehead atoms. The lowest BCUT2D eigenvalue weighted by molar-refractivity contribution is -0.157. The van der Waals surface area contributed by atoms with Crippen LogP contribution in [0, 0.1) is 11.8 Å². The first-order chi connectivity index (χ1) is 15.0. The van der Waals surface area contributed by atoms with E-state index in [9.17, 15) is 9.59 Å². The van der Waals surface area contributed by atoms with Gasteiger partial charge >= 0.3 is 11.9 Å². The Bertz CT molecular complexity index is 655. The molecule has 2 rings (SSSR count). The molecule has 0 aromatic heterocycles. The fourth-order valence-corrected chi connectivity index (χ4v) is 6.33. The van der Waals surface area contributed by atoms with Gasteiger partial charge in [0.2, 0.25) is 0 Å². The van der Waals surface area contributed by atoms with E-state index in [1.54, 1.807) is 0 Å². The molecular formula is C27H52N2O5. The minimum atomic E-state index is -0.0830. The van der Waals surface area contributed by atoms with E-state index < -0.39 is 0 Å². The molecule has 0 amide bonds. The fraction of sp³-hybridized carbons (Fsp3) is 0.926. The number of rotatable bonds is 9. The van der Waals surface area contributed by atoms with Crippen molar-refractivity contribution < 1.29 is 24.5 Å². The second kappa shape index (κ2) is 11.7. The molecule has 2 heterocycles. The number of esters is 2. The molecule has 7 nitrogen and oxygen atoms in total. The fourth-order valence-electron chi connectivity index (χ4n) is 6.33. The molecule has 200 valence electrons. The number of carbonyl (C=O) groups excluding carboxylic acids is 2. The van der Waals surface area contributed by atoms with Crippen LogP contribution in [0.5, 0.6) is 0 Å². The first-order valence-corrected chi connectivity index (χ1v) is 13.0. The summed E-state index contributed by atoms with van der Waals surface area (Å²) in [6.07, 6.45) is 6.76. The maximum Gasteiger partial charge on any atom is 0.309 e. The predicted molar refractivity (Wildman–Crippen MR) is 137 cm³/mol. The summed E-state index contributed by atoms with van der Waals surface area (Å²) in [5, 5.41) is 7.22. The summed E-state index contributed by atoms with van der Waals surface area (Å²) in [4.78, 5) is 25.3. The summed E-state index contributed by atoms with van der Waals surface area (Å²) in [5.74, 6) is -0.219. The highest BCUT2D eigenvalue weighted by molar-refractivity contribution is 5.73. The molecule has 2 saturated heterocycles. The van der Waals surface area contributed by atoms with Gasteiger partial charge in [0, 0.05) is 22.2 Å². The first-order valence-electron chi connectivity index (χ1n) is 13.0. The molecule has 0 aromatic carbocycles. The zero-order chi connectivity index (χ0) is 25.1. The Kier molecular flexibility index (Phi) is 10.6. The average molecular weight is 485 g/mol. The summed E-state index contributed by atoms with van der Waals surface area (Å²) >= 11 is 0.